The third-order valence-corrected chi connectivity index (χ3v) is 3.26. The zero-order valence-electron chi connectivity index (χ0n) is 10.7. The molecule has 0 unspecified atom stereocenters. The van der Waals surface area contributed by atoms with Gasteiger partial charge in [0.25, 0.3) is 0 Å². The molecule has 2 amide bonds. The number of nitrogens with one attached hydrogen (secondary N) is 1. The lowest BCUT2D eigenvalue weighted by Crippen LogP contribution is -2.47. The molecule has 1 aliphatic heterocycles. The molecule has 0 spiro atoms. The predicted molar refractivity (Wildman–Crippen MR) is 67.6 cm³/mol. The summed E-state index contributed by atoms with van der Waals surface area (Å²) in [5.41, 5.74) is 0. The summed E-state index contributed by atoms with van der Waals surface area (Å²) in [6.45, 7) is 2.08. The minimum absolute atomic E-state index is 0.189. The van der Waals surface area contributed by atoms with Crippen LogP contribution in [0.25, 0.3) is 0 Å². The number of hydrogen-bond donors (Lipinski definition) is 2. The fourth-order valence-electron chi connectivity index (χ4n) is 2.19. The van der Waals surface area contributed by atoms with Gasteiger partial charge in [-0.25, -0.2) is 9.78 Å². The highest BCUT2D eigenvalue weighted by Crippen LogP contribution is 2.16. The maximum Gasteiger partial charge on any atom is 0.317 e. The third kappa shape index (κ3) is 3.70. The van der Waals surface area contributed by atoms with Crippen LogP contribution in [0.1, 0.15) is 12.8 Å². The maximum absolute atomic E-state index is 11.9. The van der Waals surface area contributed by atoms with Crippen molar-refractivity contribution in [1.29, 1.82) is 0 Å². The number of likely N-dealkylation sites (tertiary alicyclic amines) is 1. The van der Waals surface area contributed by atoms with E-state index in [-0.39, 0.29) is 6.03 Å². The van der Waals surface area contributed by atoms with E-state index in [4.69, 9.17) is 5.11 Å². The van der Waals surface area contributed by atoms with Gasteiger partial charge in [-0.2, -0.15) is 0 Å². The summed E-state index contributed by atoms with van der Waals surface area (Å²) in [6, 6.07) is -0.189. The highest BCUT2D eigenvalue weighted by molar-refractivity contribution is 5.76. The zero-order valence-corrected chi connectivity index (χ0v) is 10.7. The first-order chi connectivity index (χ1) is 9.16. The maximum atomic E-state index is 11.9. The zero-order chi connectivity index (χ0) is 13.7. The summed E-state index contributed by atoms with van der Waals surface area (Å²) in [7, 11) is 0. The van der Waals surface area contributed by atoms with Gasteiger partial charge in [0.15, 0.2) is 0 Å². The van der Waals surface area contributed by atoms with Gasteiger partial charge in [-0.3, -0.25) is 4.79 Å². The number of carboxylic acid groups (broad SMARTS) is 1. The van der Waals surface area contributed by atoms with Crippen LogP contribution >= 0.6 is 0 Å². The molecule has 0 saturated carbocycles. The first-order valence-electron chi connectivity index (χ1n) is 6.38. The number of imidazole rings is 1. The molecule has 1 aromatic heterocycles. The van der Waals surface area contributed by atoms with Crippen molar-refractivity contribution in [1.82, 2.24) is 19.8 Å². The molecule has 1 aliphatic rings. The van der Waals surface area contributed by atoms with Crippen molar-refractivity contribution in [3.63, 3.8) is 0 Å². The number of amides is 2. The lowest BCUT2D eigenvalue weighted by Gasteiger charge is -2.30. The van der Waals surface area contributed by atoms with Crippen LogP contribution in [0.5, 0.6) is 0 Å². The Morgan fingerprint density at radius 2 is 2.32 bits per heavy atom. The molecule has 0 radical (unpaired) electrons. The van der Waals surface area contributed by atoms with Crippen molar-refractivity contribution in [2.45, 2.75) is 19.4 Å². The van der Waals surface area contributed by atoms with Crippen LogP contribution in [-0.4, -0.2) is 51.2 Å². The molecular weight excluding hydrogens is 248 g/mol. The van der Waals surface area contributed by atoms with Gasteiger partial charge in [0.05, 0.1) is 12.2 Å². The molecule has 7 heteroatoms. The Hall–Kier alpha value is -2.05. The summed E-state index contributed by atoms with van der Waals surface area (Å²) < 4.78 is 1.87. The average Bonchev–Trinajstić information content (AvgIpc) is 2.92. The minimum atomic E-state index is -0.823. The molecule has 1 saturated heterocycles. The van der Waals surface area contributed by atoms with E-state index in [2.05, 4.69) is 10.3 Å². The van der Waals surface area contributed by atoms with Gasteiger partial charge in [0.1, 0.15) is 0 Å². The minimum Gasteiger partial charge on any atom is -0.481 e. The number of carbonyl (C=O) groups is 2. The van der Waals surface area contributed by atoms with Gasteiger partial charge in [0.2, 0.25) is 0 Å². The summed E-state index contributed by atoms with van der Waals surface area (Å²) in [4.78, 5) is 28.3. The van der Waals surface area contributed by atoms with Gasteiger partial charge in [-0.15, -0.1) is 0 Å². The van der Waals surface area contributed by atoms with Gasteiger partial charge in [-0.1, -0.05) is 0 Å². The molecule has 2 heterocycles. The Balaban J connectivity index is 1.74. The largest absolute Gasteiger partial charge is 0.481 e. The third-order valence-electron chi connectivity index (χ3n) is 3.26. The summed E-state index contributed by atoms with van der Waals surface area (Å²) in [5, 5.41) is 11.8. The summed E-state index contributed by atoms with van der Waals surface area (Å²) in [6.07, 6.45) is 6.59. The van der Waals surface area contributed by atoms with Crippen molar-refractivity contribution in [3.05, 3.63) is 18.7 Å². The van der Waals surface area contributed by atoms with Crippen molar-refractivity contribution >= 4 is 12.0 Å². The number of rotatable bonds is 4. The van der Waals surface area contributed by atoms with Gasteiger partial charge < -0.3 is 19.9 Å². The molecule has 19 heavy (non-hydrogen) atoms. The van der Waals surface area contributed by atoms with E-state index < -0.39 is 11.9 Å². The van der Waals surface area contributed by atoms with Crippen molar-refractivity contribution < 1.29 is 14.7 Å². The van der Waals surface area contributed by atoms with E-state index in [1.807, 2.05) is 10.8 Å². The second kappa shape index (κ2) is 6.21. The Labute approximate surface area is 111 Å². The number of aromatic nitrogens is 2. The van der Waals surface area contributed by atoms with Gasteiger partial charge in [-0.05, 0) is 12.8 Å². The van der Waals surface area contributed by atoms with Crippen LogP contribution in [0.2, 0.25) is 0 Å². The number of carbonyl (C=O) groups excluding carboxylic acids is 1. The molecule has 7 nitrogen and oxygen atoms in total. The number of urea groups is 1. The first kappa shape index (κ1) is 13.4. The molecule has 2 rings (SSSR count). The molecule has 0 bridgehead atoms. The van der Waals surface area contributed by atoms with E-state index in [1.54, 1.807) is 17.4 Å². The second-order valence-corrected chi connectivity index (χ2v) is 4.66. The van der Waals surface area contributed by atoms with Crippen LogP contribution in [0.15, 0.2) is 18.7 Å². The van der Waals surface area contributed by atoms with E-state index in [9.17, 15) is 9.59 Å². The average molecular weight is 266 g/mol. The van der Waals surface area contributed by atoms with Crippen LogP contribution in [-0.2, 0) is 11.3 Å². The summed E-state index contributed by atoms with van der Waals surface area (Å²) >= 11 is 0. The number of nitrogens with zero attached hydrogens (tertiary/aromatic N) is 3. The second-order valence-electron chi connectivity index (χ2n) is 4.66. The first-order valence-corrected chi connectivity index (χ1v) is 6.38. The highest BCUT2D eigenvalue weighted by atomic mass is 16.4. The fraction of sp³-hybridized carbons (Fsp3) is 0.583. The Bertz CT molecular complexity index is 432. The highest BCUT2D eigenvalue weighted by Gasteiger charge is 2.27. The Morgan fingerprint density at radius 1 is 1.47 bits per heavy atom. The normalized spacial score (nSPS) is 19.2. The summed E-state index contributed by atoms with van der Waals surface area (Å²) in [5.74, 6) is -1.26. The number of carboxylic acids is 1. The van der Waals surface area contributed by atoms with E-state index >= 15 is 0 Å². The number of hydrogen-bond acceptors (Lipinski definition) is 3. The van der Waals surface area contributed by atoms with E-state index in [1.165, 1.54) is 0 Å². The van der Waals surface area contributed by atoms with Gasteiger partial charge >= 0.3 is 12.0 Å². The van der Waals surface area contributed by atoms with Crippen LogP contribution in [0.4, 0.5) is 4.79 Å². The van der Waals surface area contributed by atoms with Crippen molar-refractivity contribution in [2.24, 2.45) is 5.92 Å². The Kier molecular flexibility index (Phi) is 4.38. The number of piperidine rings is 1. The molecule has 2 N–H and O–H groups in total. The topological polar surface area (TPSA) is 87.5 Å². The fourth-order valence-corrected chi connectivity index (χ4v) is 2.19. The Morgan fingerprint density at radius 3 is 3.00 bits per heavy atom. The van der Waals surface area contributed by atoms with E-state index in [0.717, 1.165) is 6.42 Å². The molecule has 1 aromatic rings. The quantitative estimate of drug-likeness (QED) is 0.825. The SMILES string of the molecule is O=C(O)[C@@H]1CCCN(C(=O)NCCn2ccnc2)C1. The smallest absolute Gasteiger partial charge is 0.317 e. The predicted octanol–water partition coefficient (Wildman–Crippen LogP) is 0.389. The van der Waals surface area contributed by atoms with E-state index in [0.29, 0.717) is 32.6 Å². The van der Waals surface area contributed by atoms with Crippen LogP contribution in [0.3, 0.4) is 0 Å². The standard InChI is InChI=1S/C12H18N4O3/c17-11(18)10-2-1-5-16(8-10)12(19)14-4-7-15-6-3-13-9-15/h3,6,9-10H,1-2,4-5,7-8H2,(H,14,19)(H,17,18)/t10-/m1/s1. The van der Waals surface area contributed by atoms with Gasteiger partial charge in [0, 0.05) is 38.6 Å². The van der Waals surface area contributed by atoms with Crippen molar-refractivity contribution in [3.8, 4) is 0 Å². The van der Waals surface area contributed by atoms with Crippen LogP contribution < -0.4 is 5.32 Å². The molecule has 0 aromatic carbocycles. The molecule has 104 valence electrons. The monoisotopic (exact) mass is 266 g/mol. The molecule has 1 atom stereocenters. The molecular formula is C12H18N4O3. The molecule has 0 aliphatic carbocycles. The molecule has 1 fully saturated rings. The van der Waals surface area contributed by atoms with Crippen molar-refractivity contribution in [2.75, 3.05) is 19.6 Å². The lowest BCUT2D eigenvalue weighted by molar-refractivity contribution is -0.143. The number of aliphatic carboxylic acids is 1. The lowest BCUT2D eigenvalue weighted by atomic mass is 9.99. The van der Waals surface area contributed by atoms with Crippen LogP contribution in [0, 0.1) is 5.92 Å².